The molecule has 1 heterocycles. The Kier molecular flexibility index (Phi) is 4.67. The van der Waals surface area contributed by atoms with E-state index < -0.39 is 0 Å². The Bertz CT molecular complexity index is 810. The van der Waals surface area contributed by atoms with Crippen LogP contribution < -0.4 is 4.90 Å². The molecule has 0 N–H and O–H groups in total. The number of hydrogen-bond donors (Lipinski definition) is 0. The third kappa shape index (κ3) is 2.95. The number of benzene rings is 2. The van der Waals surface area contributed by atoms with Crippen molar-refractivity contribution in [1.82, 2.24) is 4.90 Å². The van der Waals surface area contributed by atoms with Gasteiger partial charge in [0.2, 0.25) is 0 Å². The summed E-state index contributed by atoms with van der Waals surface area (Å²) in [5.74, 6) is 0.188. The van der Waals surface area contributed by atoms with E-state index in [1.807, 2.05) is 56.3 Å². The Morgan fingerprint density at radius 1 is 1.08 bits per heavy atom. The number of carbonyl (C=O) groups excluding carboxylic acids is 1. The van der Waals surface area contributed by atoms with E-state index >= 15 is 0 Å². The second-order valence-corrected chi connectivity index (χ2v) is 6.84. The average molecular weight is 334 g/mol. The van der Waals surface area contributed by atoms with Crippen molar-refractivity contribution < 1.29 is 4.79 Å². The number of carbonyl (C=O) groups is 1. The first kappa shape index (κ1) is 17.3. The lowest BCUT2D eigenvalue weighted by molar-refractivity contribution is -0.128. The Labute approximate surface area is 150 Å². The van der Waals surface area contributed by atoms with Gasteiger partial charge >= 0.3 is 0 Å². The molecule has 2 atom stereocenters. The van der Waals surface area contributed by atoms with Crippen LogP contribution in [0.4, 0.5) is 5.69 Å². The lowest BCUT2D eigenvalue weighted by Gasteiger charge is -2.37. The van der Waals surface area contributed by atoms with Crippen molar-refractivity contribution >= 4 is 11.6 Å². The van der Waals surface area contributed by atoms with Crippen LogP contribution in [0.2, 0.25) is 0 Å². The van der Waals surface area contributed by atoms with Gasteiger partial charge in [0.05, 0.1) is 6.04 Å². The van der Waals surface area contributed by atoms with Crippen molar-refractivity contribution in [1.29, 1.82) is 0 Å². The minimum atomic E-state index is 0.0312. The fourth-order valence-electron chi connectivity index (χ4n) is 3.65. The molecule has 25 heavy (non-hydrogen) atoms. The van der Waals surface area contributed by atoms with Crippen molar-refractivity contribution in [2.24, 2.45) is 0 Å². The van der Waals surface area contributed by atoms with E-state index in [1.165, 1.54) is 11.3 Å². The summed E-state index contributed by atoms with van der Waals surface area (Å²) in [4.78, 5) is 17.3. The van der Waals surface area contributed by atoms with Gasteiger partial charge in [-0.25, -0.2) is 0 Å². The third-order valence-corrected chi connectivity index (χ3v) is 5.50. The molecule has 1 aliphatic heterocycles. The normalized spacial score (nSPS) is 18.0. The maximum absolute atomic E-state index is 13.3. The predicted octanol–water partition coefficient (Wildman–Crippen LogP) is 4.73. The molecule has 3 heteroatoms. The van der Waals surface area contributed by atoms with Crippen LogP contribution in [0.25, 0.3) is 0 Å². The average Bonchev–Trinajstić information content (AvgIpc) is 2.65. The molecular weight excluding hydrogens is 308 g/mol. The predicted molar refractivity (Wildman–Crippen MR) is 104 cm³/mol. The van der Waals surface area contributed by atoms with Crippen LogP contribution >= 0.6 is 0 Å². The first-order chi connectivity index (χ1) is 11.9. The molecule has 0 aromatic heterocycles. The zero-order chi connectivity index (χ0) is 18.1. The van der Waals surface area contributed by atoms with Crippen LogP contribution in [-0.2, 0) is 4.79 Å². The van der Waals surface area contributed by atoms with Crippen molar-refractivity contribution in [3.63, 3.8) is 0 Å². The second kappa shape index (κ2) is 6.75. The molecule has 0 saturated carbocycles. The Morgan fingerprint density at radius 3 is 2.36 bits per heavy atom. The van der Waals surface area contributed by atoms with E-state index in [9.17, 15) is 4.79 Å². The van der Waals surface area contributed by atoms with Gasteiger partial charge in [0.15, 0.2) is 0 Å². The number of fused-ring (bicyclic) bond motifs is 1. The molecule has 0 spiro atoms. The smallest absolute Gasteiger partial charge is 0.252 e. The topological polar surface area (TPSA) is 23.6 Å². The number of hydrogen-bond acceptors (Lipinski definition) is 2. The summed E-state index contributed by atoms with van der Waals surface area (Å²) >= 11 is 0. The fourth-order valence-corrected chi connectivity index (χ4v) is 3.65. The fraction of sp³-hybridized carbons (Fsp3) is 0.318. The van der Waals surface area contributed by atoms with Gasteiger partial charge in [-0.15, -0.1) is 0 Å². The van der Waals surface area contributed by atoms with E-state index in [2.05, 4.69) is 43.0 Å². The van der Waals surface area contributed by atoms with E-state index in [-0.39, 0.29) is 17.9 Å². The van der Waals surface area contributed by atoms with Crippen molar-refractivity contribution in [3.8, 4) is 0 Å². The molecule has 0 radical (unpaired) electrons. The standard InChI is InChI=1S/C22H26N2O/c1-15-19-13-9-10-14-20(19)23(4)17(3)21(15)22(25)24(5)16(2)18-11-7-6-8-12-18/h6-16H,1-5H3/t15-,16?/m0/s1. The molecule has 0 aliphatic carbocycles. The number of para-hydroxylation sites is 1. The van der Waals surface area contributed by atoms with Gasteiger partial charge in [-0.1, -0.05) is 55.5 Å². The molecule has 3 nitrogen and oxygen atoms in total. The Hall–Kier alpha value is -2.55. The largest absolute Gasteiger partial charge is 0.348 e. The van der Waals surface area contributed by atoms with E-state index in [1.54, 1.807) is 0 Å². The summed E-state index contributed by atoms with van der Waals surface area (Å²) < 4.78 is 0. The minimum absolute atomic E-state index is 0.0312. The second-order valence-electron chi connectivity index (χ2n) is 6.84. The third-order valence-electron chi connectivity index (χ3n) is 5.50. The monoisotopic (exact) mass is 334 g/mol. The highest BCUT2D eigenvalue weighted by molar-refractivity contribution is 5.97. The van der Waals surface area contributed by atoms with Gasteiger partial charge in [-0.05, 0) is 31.0 Å². The van der Waals surface area contributed by atoms with E-state index in [0.717, 1.165) is 16.8 Å². The maximum Gasteiger partial charge on any atom is 0.252 e. The zero-order valence-corrected chi connectivity index (χ0v) is 15.7. The molecule has 0 bridgehead atoms. The summed E-state index contributed by atoms with van der Waals surface area (Å²) in [6.45, 7) is 6.25. The molecule has 1 amide bonds. The lowest BCUT2D eigenvalue weighted by atomic mass is 9.85. The maximum atomic E-state index is 13.3. The van der Waals surface area contributed by atoms with Crippen LogP contribution in [0.1, 0.15) is 43.9 Å². The van der Waals surface area contributed by atoms with E-state index in [0.29, 0.717) is 0 Å². The summed E-state index contributed by atoms with van der Waals surface area (Å²) in [6.07, 6.45) is 0. The molecule has 0 saturated heterocycles. The zero-order valence-electron chi connectivity index (χ0n) is 15.7. The number of anilines is 1. The minimum Gasteiger partial charge on any atom is -0.348 e. The highest BCUT2D eigenvalue weighted by atomic mass is 16.2. The number of rotatable bonds is 3. The number of amides is 1. The molecule has 0 fully saturated rings. The van der Waals surface area contributed by atoms with Crippen molar-refractivity contribution in [3.05, 3.63) is 77.0 Å². The molecule has 2 aromatic carbocycles. The summed E-state index contributed by atoms with van der Waals surface area (Å²) in [6, 6.07) is 18.5. The van der Waals surface area contributed by atoms with Gasteiger partial charge in [-0.3, -0.25) is 4.79 Å². The van der Waals surface area contributed by atoms with Gasteiger partial charge in [0.1, 0.15) is 0 Å². The molecule has 2 aromatic rings. The molecule has 1 aliphatic rings. The van der Waals surface area contributed by atoms with Gasteiger partial charge in [0, 0.05) is 37.0 Å². The van der Waals surface area contributed by atoms with Crippen molar-refractivity contribution in [2.45, 2.75) is 32.7 Å². The molecule has 130 valence electrons. The van der Waals surface area contributed by atoms with Crippen LogP contribution in [0.15, 0.2) is 65.9 Å². The van der Waals surface area contributed by atoms with Crippen LogP contribution in [-0.4, -0.2) is 24.9 Å². The summed E-state index contributed by atoms with van der Waals surface area (Å²) in [5.41, 5.74) is 5.45. The van der Waals surface area contributed by atoms with Gasteiger partial charge in [-0.2, -0.15) is 0 Å². The van der Waals surface area contributed by atoms with Gasteiger partial charge in [0.25, 0.3) is 5.91 Å². The molecule has 3 rings (SSSR count). The number of allylic oxidation sites excluding steroid dienone is 1. The molecular formula is C22H26N2O. The van der Waals surface area contributed by atoms with E-state index in [4.69, 9.17) is 0 Å². The van der Waals surface area contributed by atoms with Crippen LogP contribution in [0.3, 0.4) is 0 Å². The highest BCUT2D eigenvalue weighted by Gasteiger charge is 2.33. The summed E-state index contributed by atoms with van der Waals surface area (Å²) in [5, 5.41) is 0. The van der Waals surface area contributed by atoms with Crippen LogP contribution in [0.5, 0.6) is 0 Å². The Balaban J connectivity index is 1.95. The first-order valence-corrected chi connectivity index (χ1v) is 8.79. The van der Waals surface area contributed by atoms with Gasteiger partial charge < -0.3 is 9.80 Å². The molecule has 1 unspecified atom stereocenters. The number of likely N-dealkylation sites (N-methyl/N-ethyl adjacent to an activating group) is 1. The highest BCUT2D eigenvalue weighted by Crippen LogP contribution is 2.41. The first-order valence-electron chi connectivity index (χ1n) is 8.79. The van der Waals surface area contributed by atoms with Crippen molar-refractivity contribution in [2.75, 3.05) is 19.0 Å². The summed E-state index contributed by atoms with van der Waals surface area (Å²) in [7, 11) is 3.93. The number of nitrogens with zero attached hydrogens (tertiary/aromatic N) is 2. The SMILES string of the molecule is CC1=C(C(=O)N(C)C(C)c2ccccc2)[C@@H](C)c2ccccc2N1C. The Morgan fingerprint density at radius 2 is 1.68 bits per heavy atom. The lowest BCUT2D eigenvalue weighted by Crippen LogP contribution is -2.36. The quantitative estimate of drug-likeness (QED) is 0.810. The van der Waals surface area contributed by atoms with Crippen LogP contribution in [0, 0.1) is 0 Å².